The number of piperidine rings is 1. The van der Waals surface area contributed by atoms with E-state index in [1.807, 2.05) is 0 Å². The van der Waals surface area contributed by atoms with Crippen molar-refractivity contribution in [3.8, 4) is 0 Å². The first kappa shape index (κ1) is 19.1. The number of amides is 5. The molecule has 1 aromatic carbocycles. The summed E-state index contributed by atoms with van der Waals surface area (Å²) in [5.41, 5.74) is 5.68. The molecule has 1 saturated heterocycles. The molecule has 2 heterocycles. The smallest absolute Gasteiger partial charge is 0.263 e. The number of rotatable bonds is 7. The lowest BCUT2D eigenvalue weighted by atomic mass is 10.0. The van der Waals surface area contributed by atoms with E-state index < -0.39 is 29.7 Å². The van der Waals surface area contributed by atoms with Gasteiger partial charge >= 0.3 is 0 Å². The molecule has 0 spiro atoms. The third kappa shape index (κ3) is 3.87. The molecule has 0 aliphatic carbocycles. The van der Waals surface area contributed by atoms with Gasteiger partial charge in [0.25, 0.3) is 11.8 Å². The van der Waals surface area contributed by atoms with Crippen LogP contribution in [0, 0.1) is 0 Å². The van der Waals surface area contributed by atoms with Crippen molar-refractivity contribution in [2.75, 3.05) is 5.75 Å². The number of nitrogens with one attached hydrogen (secondary N) is 1. The molecule has 3 rings (SSSR count). The van der Waals surface area contributed by atoms with Crippen LogP contribution in [-0.2, 0) is 14.4 Å². The van der Waals surface area contributed by atoms with E-state index in [4.69, 9.17) is 5.73 Å². The largest absolute Gasteiger partial charge is 0.370 e. The minimum absolute atomic E-state index is 0.0886. The molecule has 2 aliphatic rings. The predicted molar refractivity (Wildman–Crippen MR) is 96.9 cm³/mol. The molecule has 1 atom stereocenters. The lowest BCUT2D eigenvalue weighted by Gasteiger charge is -2.27. The number of benzene rings is 1. The fourth-order valence-corrected chi connectivity index (χ4v) is 4.27. The summed E-state index contributed by atoms with van der Waals surface area (Å²) in [7, 11) is 0. The number of carbonyl (C=O) groups excluding carboxylic acids is 5. The topological polar surface area (TPSA) is 127 Å². The molecule has 0 bridgehead atoms. The van der Waals surface area contributed by atoms with Gasteiger partial charge in [0.15, 0.2) is 0 Å². The maximum Gasteiger partial charge on any atom is 0.263 e. The fraction of sp³-hybridized carbons (Fsp3) is 0.389. The summed E-state index contributed by atoms with van der Waals surface area (Å²) in [5.74, 6) is -1.72. The first-order valence-corrected chi connectivity index (χ1v) is 9.64. The molecule has 2 aliphatic heterocycles. The van der Waals surface area contributed by atoms with Crippen LogP contribution in [0.1, 0.15) is 52.8 Å². The summed E-state index contributed by atoms with van der Waals surface area (Å²) < 4.78 is 0. The van der Waals surface area contributed by atoms with Gasteiger partial charge in [0.2, 0.25) is 17.7 Å². The van der Waals surface area contributed by atoms with Gasteiger partial charge in [-0.3, -0.25) is 34.2 Å². The van der Waals surface area contributed by atoms with Crippen molar-refractivity contribution < 1.29 is 24.0 Å². The number of imide groups is 2. The van der Waals surface area contributed by atoms with Gasteiger partial charge in [-0.1, -0.05) is 6.07 Å². The quantitative estimate of drug-likeness (QED) is 0.404. The number of nitrogens with zero attached hydrogens (tertiary/aromatic N) is 1. The van der Waals surface area contributed by atoms with Crippen molar-refractivity contribution >= 4 is 41.3 Å². The Kier molecular flexibility index (Phi) is 5.59. The lowest BCUT2D eigenvalue weighted by Crippen LogP contribution is -2.54. The van der Waals surface area contributed by atoms with E-state index in [2.05, 4.69) is 5.32 Å². The summed E-state index contributed by atoms with van der Waals surface area (Å²) in [6.07, 6.45) is 1.94. The highest BCUT2D eigenvalue weighted by molar-refractivity contribution is 7.99. The zero-order chi connectivity index (χ0) is 19.6. The van der Waals surface area contributed by atoms with Gasteiger partial charge in [0.05, 0.1) is 11.1 Å². The van der Waals surface area contributed by atoms with Gasteiger partial charge < -0.3 is 5.73 Å². The summed E-state index contributed by atoms with van der Waals surface area (Å²) in [4.78, 5) is 61.4. The van der Waals surface area contributed by atoms with Crippen LogP contribution in [0.3, 0.4) is 0 Å². The van der Waals surface area contributed by atoms with Crippen molar-refractivity contribution in [3.05, 3.63) is 29.3 Å². The maximum atomic E-state index is 12.9. The average Bonchev–Trinajstić information content (AvgIpc) is 2.87. The summed E-state index contributed by atoms with van der Waals surface area (Å²) in [5, 5.41) is 2.18. The summed E-state index contributed by atoms with van der Waals surface area (Å²) in [6.45, 7) is 0. The monoisotopic (exact) mass is 389 g/mol. The fourth-order valence-electron chi connectivity index (χ4n) is 3.19. The molecular weight excluding hydrogens is 370 g/mol. The molecule has 142 valence electrons. The Bertz CT molecular complexity index is 838. The molecule has 0 saturated carbocycles. The first-order valence-electron chi connectivity index (χ1n) is 8.66. The number of unbranched alkanes of at least 4 members (excludes halogenated alkanes) is 1. The van der Waals surface area contributed by atoms with Crippen molar-refractivity contribution in [3.63, 3.8) is 0 Å². The number of thioether (sulfide) groups is 1. The molecule has 0 aromatic heterocycles. The number of hydrogen-bond acceptors (Lipinski definition) is 6. The Morgan fingerprint density at radius 3 is 2.67 bits per heavy atom. The molecule has 1 unspecified atom stereocenters. The Labute approximate surface area is 159 Å². The van der Waals surface area contributed by atoms with Gasteiger partial charge in [-0.05, 0) is 37.1 Å². The van der Waals surface area contributed by atoms with E-state index in [9.17, 15) is 24.0 Å². The Morgan fingerprint density at radius 2 is 1.96 bits per heavy atom. The second kappa shape index (κ2) is 7.91. The molecular formula is C18H19N3O5S. The van der Waals surface area contributed by atoms with Gasteiger partial charge in [-0.2, -0.15) is 0 Å². The van der Waals surface area contributed by atoms with Gasteiger partial charge in [-0.25, -0.2) is 0 Å². The number of nitrogens with two attached hydrogens (primary N) is 1. The highest BCUT2D eigenvalue weighted by atomic mass is 32.2. The van der Waals surface area contributed by atoms with Gasteiger partial charge in [0.1, 0.15) is 6.04 Å². The SMILES string of the molecule is NC(=O)CCCCSc1cccc2c1C(=O)N(C1CCC(=O)NC1=O)C2=O. The normalized spacial score (nSPS) is 19.3. The molecule has 0 radical (unpaired) electrons. The summed E-state index contributed by atoms with van der Waals surface area (Å²) >= 11 is 1.43. The van der Waals surface area contributed by atoms with Gasteiger partial charge in [-0.15, -0.1) is 11.8 Å². The maximum absolute atomic E-state index is 12.9. The van der Waals surface area contributed by atoms with Crippen LogP contribution >= 0.6 is 11.8 Å². The van der Waals surface area contributed by atoms with Crippen molar-refractivity contribution in [1.29, 1.82) is 0 Å². The first-order chi connectivity index (χ1) is 12.9. The highest BCUT2D eigenvalue weighted by Gasteiger charge is 2.45. The molecule has 5 amide bonds. The molecule has 9 heteroatoms. The zero-order valence-corrected chi connectivity index (χ0v) is 15.3. The van der Waals surface area contributed by atoms with Crippen LogP contribution in [0.25, 0.3) is 0 Å². The number of primary amides is 1. The lowest BCUT2D eigenvalue weighted by molar-refractivity contribution is -0.136. The second-order valence-corrected chi connectivity index (χ2v) is 7.53. The number of carbonyl (C=O) groups is 5. The number of hydrogen-bond donors (Lipinski definition) is 2. The summed E-state index contributed by atoms with van der Waals surface area (Å²) in [6, 6.07) is 4.06. The third-order valence-corrected chi connectivity index (χ3v) is 5.65. The Morgan fingerprint density at radius 1 is 1.19 bits per heavy atom. The third-order valence-electron chi connectivity index (χ3n) is 4.50. The predicted octanol–water partition coefficient (Wildman–Crippen LogP) is 0.835. The zero-order valence-electron chi connectivity index (χ0n) is 14.5. The van der Waals surface area contributed by atoms with Gasteiger partial charge in [0, 0.05) is 17.7 Å². The molecule has 1 aromatic rings. The number of fused-ring (bicyclic) bond motifs is 1. The van der Waals surface area contributed by atoms with Crippen molar-refractivity contribution in [1.82, 2.24) is 10.2 Å². The van der Waals surface area contributed by atoms with E-state index in [1.54, 1.807) is 18.2 Å². The minimum atomic E-state index is -0.969. The van der Waals surface area contributed by atoms with E-state index in [0.29, 0.717) is 29.1 Å². The van der Waals surface area contributed by atoms with Crippen molar-refractivity contribution in [2.24, 2.45) is 5.73 Å². The van der Waals surface area contributed by atoms with Crippen molar-refractivity contribution in [2.45, 2.75) is 43.0 Å². The molecule has 27 heavy (non-hydrogen) atoms. The minimum Gasteiger partial charge on any atom is -0.370 e. The molecule has 1 fully saturated rings. The average molecular weight is 389 g/mol. The van der Waals surface area contributed by atoms with Crippen LogP contribution in [-0.4, -0.2) is 46.2 Å². The van der Waals surface area contributed by atoms with Crippen LogP contribution in [0.5, 0.6) is 0 Å². The second-order valence-electron chi connectivity index (χ2n) is 6.40. The van der Waals surface area contributed by atoms with Crippen LogP contribution in [0.4, 0.5) is 0 Å². The van der Waals surface area contributed by atoms with E-state index in [-0.39, 0.29) is 24.3 Å². The highest BCUT2D eigenvalue weighted by Crippen LogP contribution is 2.34. The Hall–Kier alpha value is -2.68. The van der Waals surface area contributed by atoms with E-state index in [1.165, 1.54) is 11.8 Å². The molecule has 3 N–H and O–H groups in total. The molecule has 8 nitrogen and oxygen atoms in total. The van der Waals surface area contributed by atoms with Crippen LogP contribution in [0.15, 0.2) is 23.1 Å². The Balaban J connectivity index is 1.75. The van der Waals surface area contributed by atoms with E-state index in [0.717, 1.165) is 11.3 Å². The van der Waals surface area contributed by atoms with Crippen LogP contribution < -0.4 is 11.1 Å². The van der Waals surface area contributed by atoms with Crippen LogP contribution in [0.2, 0.25) is 0 Å². The standard InChI is InChI=1S/C18H19N3O5S/c19-13(22)6-1-2-9-27-12-5-3-4-10-15(12)18(26)21(17(10)25)11-7-8-14(23)20-16(11)24/h3-5,11H,1-2,6-9H2,(H2,19,22)(H,20,23,24). The van der Waals surface area contributed by atoms with E-state index >= 15 is 0 Å².